The largest absolute Gasteiger partial charge is 0.462 e. The maximum atomic E-state index is 13.2. The molecule has 0 spiro atoms. The quantitative estimate of drug-likeness (QED) is 0.301. The van der Waals surface area contributed by atoms with Gasteiger partial charge in [0.2, 0.25) is 0 Å². The zero-order chi connectivity index (χ0) is 21.7. The molecule has 1 aliphatic rings. The van der Waals surface area contributed by atoms with Crippen LogP contribution in [0.3, 0.4) is 0 Å². The van der Waals surface area contributed by atoms with Crippen LogP contribution in [0, 0.1) is 10.1 Å². The summed E-state index contributed by atoms with van der Waals surface area (Å²) in [7, 11) is 0. The third-order valence-electron chi connectivity index (χ3n) is 4.89. The number of nitro groups is 1. The van der Waals surface area contributed by atoms with Crippen molar-refractivity contribution in [3.05, 3.63) is 92.7 Å². The second-order valence-electron chi connectivity index (χ2n) is 6.75. The summed E-state index contributed by atoms with van der Waals surface area (Å²) in [5, 5.41) is 11.4. The summed E-state index contributed by atoms with van der Waals surface area (Å²) in [6.07, 6.45) is 2.01. The first kappa shape index (κ1) is 21.0. The summed E-state index contributed by atoms with van der Waals surface area (Å²) in [5.41, 5.74) is 1.92. The van der Waals surface area contributed by atoms with Gasteiger partial charge in [-0.25, -0.2) is 4.79 Å². The monoisotopic (exact) mass is 406 g/mol. The second kappa shape index (κ2) is 9.17. The van der Waals surface area contributed by atoms with Crippen LogP contribution in [0.4, 0.5) is 5.69 Å². The van der Waals surface area contributed by atoms with E-state index in [1.165, 1.54) is 17.0 Å². The number of hydrogen-bond acceptors (Lipinski definition) is 5. The Labute approximate surface area is 174 Å². The molecule has 154 valence electrons. The van der Waals surface area contributed by atoms with Crippen LogP contribution >= 0.6 is 0 Å². The number of amides is 1. The van der Waals surface area contributed by atoms with Gasteiger partial charge in [-0.1, -0.05) is 42.5 Å². The van der Waals surface area contributed by atoms with E-state index in [0.29, 0.717) is 18.7 Å². The van der Waals surface area contributed by atoms with E-state index in [1.807, 2.05) is 30.3 Å². The number of nitro benzene ring substituents is 1. The van der Waals surface area contributed by atoms with Crippen LogP contribution in [0.15, 0.2) is 71.4 Å². The summed E-state index contributed by atoms with van der Waals surface area (Å²) in [6, 6.07) is 15.8. The molecule has 1 aliphatic heterocycles. The molecular weight excluding hydrogens is 384 g/mol. The molecule has 0 fully saturated rings. The van der Waals surface area contributed by atoms with Crippen molar-refractivity contribution < 1.29 is 19.2 Å². The van der Waals surface area contributed by atoms with E-state index in [-0.39, 0.29) is 34.9 Å². The Kier molecular flexibility index (Phi) is 6.41. The van der Waals surface area contributed by atoms with Gasteiger partial charge in [0.25, 0.3) is 11.6 Å². The number of esters is 1. The lowest BCUT2D eigenvalue weighted by atomic mass is 10.0. The van der Waals surface area contributed by atoms with Crippen LogP contribution in [-0.2, 0) is 20.7 Å². The van der Waals surface area contributed by atoms with Gasteiger partial charge in [0, 0.05) is 18.3 Å². The SMILES string of the molecule is CCOC(=O)C1=C(C)N(CCc2ccccc2)C(=O)/C1=C\c1ccccc1[N+](=O)[O-]. The lowest BCUT2D eigenvalue weighted by Gasteiger charge is -2.17. The van der Waals surface area contributed by atoms with Crippen molar-refractivity contribution in [2.75, 3.05) is 13.2 Å². The predicted octanol–water partition coefficient (Wildman–Crippen LogP) is 3.90. The molecule has 0 saturated carbocycles. The van der Waals surface area contributed by atoms with Gasteiger partial charge in [-0.2, -0.15) is 0 Å². The summed E-state index contributed by atoms with van der Waals surface area (Å²) in [6.45, 7) is 3.91. The molecular formula is C23H22N2O5. The minimum absolute atomic E-state index is 0.105. The van der Waals surface area contributed by atoms with Crippen molar-refractivity contribution >= 4 is 23.6 Å². The molecule has 0 aliphatic carbocycles. The summed E-state index contributed by atoms with van der Waals surface area (Å²) in [4.78, 5) is 38.2. The number of para-hydroxylation sites is 1. The molecule has 0 bridgehead atoms. The fourth-order valence-electron chi connectivity index (χ4n) is 3.42. The number of allylic oxidation sites excluding steroid dienone is 1. The fraction of sp³-hybridized carbons (Fsp3) is 0.217. The predicted molar refractivity (Wildman–Crippen MR) is 112 cm³/mol. The number of rotatable bonds is 7. The smallest absolute Gasteiger partial charge is 0.340 e. The Bertz CT molecular complexity index is 1040. The van der Waals surface area contributed by atoms with E-state index < -0.39 is 10.9 Å². The van der Waals surface area contributed by atoms with Gasteiger partial charge >= 0.3 is 5.97 Å². The van der Waals surface area contributed by atoms with E-state index in [1.54, 1.807) is 32.0 Å². The van der Waals surface area contributed by atoms with Crippen LogP contribution in [0.25, 0.3) is 6.08 Å². The minimum Gasteiger partial charge on any atom is -0.462 e. The zero-order valence-electron chi connectivity index (χ0n) is 16.8. The molecule has 30 heavy (non-hydrogen) atoms. The molecule has 1 amide bonds. The molecule has 3 rings (SSSR count). The van der Waals surface area contributed by atoms with Crippen molar-refractivity contribution in [2.45, 2.75) is 20.3 Å². The molecule has 0 radical (unpaired) electrons. The third-order valence-corrected chi connectivity index (χ3v) is 4.89. The molecule has 0 atom stereocenters. The van der Waals surface area contributed by atoms with E-state index in [9.17, 15) is 19.7 Å². The summed E-state index contributed by atoms with van der Waals surface area (Å²) in [5.74, 6) is -0.986. The maximum absolute atomic E-state index is 13.2. The van der Waals surface area contributed by atoms with Crippen molar-refractivity contribution in [1.82, 2.24) is 4.90 Å². The number of hydrogen-bond donors (Lipinski definition) is 0. The van der Waals surface area contributed by atoms with Crippen LogP contribution in [0.5, 0.6) is 0 Å². The van der Waals surface area contributed by atoms with Gasteiger partial charge < -0.3 is 9.64 Å². The van der Waals surface area contributed by atoms with Gasteiger partial charge in [0.05, 0.1) is 28.2 Å². The van der Waals surface area contributed by atoms with E-state index >= 15 is 0 Å². The standard InChI is InChI=1S/C23H22N2O5/c1-3-30-23(27)21-16(2)24(14-13-17-9-5-4-6-10-17)22(26)19(21)15-18-11-7-8-12-20(18)25(28)29/h4-12,15H,3,13-14H2,1-2H3/b19-15-. The lowest BCUT2D eigenvalue weighted by Crippen LogP contribution is -2.27. The molecule has 1 heterocycles. The fourth-order valence-corrected chi connectivity index (χ4v) is 3.42. The molecule has 0 unspecified atom stereocenters. The van der Waals surface area contributed by atoms with E-state index in [0.717, 1.165) is 5.56 Å². The van der Waals surface area contributed by atoms with Crippen LogP contribution in [0.2, 0.25) is 0 Å². The first-order valence-electron chi connectivity index (χ1n) is 9.63. The average Bonchev–Trinajstić information content (AvgIpc) is 2.97. The highest BCUT2D eigenvalue weighted by Crippen LogP contribution is 2.33. The van der Waals surface area contributed by atoms with Gasteiger partial charge in [-0.3, -0.25) is 14.9 Å². The van der Waals surface area contributed by atoms with Crippen molar-refractivity contribution in [2.24, 2.45) is 0 Å². The molecule has 0 N–H and O–H groups in total. The topological polar surface area (TPSA) is 89.8 Å². The Morgan fingerprint density at radius 1 is 1.13 bits per heavy atom. The van der Waals surface area contributed by atoms with Gasteiger partial charge in [0.1, 0.15) is 0 Å². The molecule has 7 nitrogen and oxygen atoms in total. The molecule has 2 aromatic rings. The lowest BCUT2D eigenvalue weighted by molar-refractivity contribution is -0.385. The highest BCUT2D eigenvalue weighted by atomic mass is 16.6. The summed E-state index contributed by atoms with van der Waals surface area (Å²) >= 11 is 0. The first-order valence-corrected chi connectivity index (χ1v) is 9.63. The Balaban J connectivity index is 2.00. The van der Waals surface area contributed by atoms with Gasteiger partial charge in [-0.05, 0) is 38.0 Å². The number of ether oxygens (including phenoxy) is 1. The Hall–Kier alpha value is -3.74. The van der Waals surface area contributed by atoms with Crippen LogP contribution in [-0.4, -0.2) is 34.9 Å². The first-order chi connectivity index (χ1) is 14.4. The van der Waals surface area contributed by atoms with Crippen LogP contribution in [0.1, 0.15) is 25.0 Å². The molecule has 2 aromatic carbocycles. The molecule has 0 aromatic heterocycles. The number of carbonyl (C=O) groups is 2. The summed E-state index contributed by atoms with van der Waals surface area (Å²) < 4.78 is 5.15. The van der Waals surface area contributed by atoms with Crippen molar-refractivity contribution in [3.8, 4) is 0 Å². The minimum atomic E-state index is -0.615. The van der Waals surface area contributed by atoms with Crippen molar-refractivity contribution in [1.29, 1.82) is 0 Å². The maximum Gasteiger partial charge on any atom is 0.340 e. The number of carbonyl (C=O) groups excluding carboxylic acids is 2. The van der Waals surface area contributed by atoms with Crippen molar-refractivity contribution in [3.63, 3.8) is 0 Å². The third kappa shape index (κ3) is 4.30. The second-order valence-corrected chi connectivity index (χ2v) is 6.75. The Morgan fingerprint density at radius 3 is 2.47 bits per heavy atom. The van der Waals surface area contributed by atoms with Gasteiger partial charge in [0.15, 0.2) is 0 Å². The highest BCUT2D eigenvalue weighted by molar-refractivity contribution is 6.16. The Morgan fingerprint density at radius 2 is 1.80 bits per heavy atom. The zero-order valence-corrected chi connectivity index (χ0v) is 16.8. The molecule has 7 heteroatoms. The van der Waals surface area contributed by atoms with Gasteiger partial charge in [-0.15, -0.1) is 0 Å². The number of nitrogens with zero attached hydrogens (tertiary/aromatic N) is 2. The molecule has 0 saturated heterocycles. The normalized spacial score (nSPS) is 15.1. The van der Waals surface area contributed by atoms with Crippen LogP contribution < -0.4 is 0 Å². The average molecular weight is 406 g/mol. The van der Waals surface area contributed by atoms with E-state index in [2.05, 4.69) is 0 Å². The van der Waals surface area contributed by atoms with E-state index in [4.69, 9.17) is 4.74 Å². The number of benzene rings is 2. The highest BCUT2D eigenvalue weighted by Gasteiger charge is 2.37.